The van der Waals surface area contributed by atoms with E-state index in [1.165, 1.54) is 11.3 Å². The van der Waals surface area contributed by atoms with Crippen molar-refractivity contribution in [2.45, 2.75) is 5.92 Å². The molecular formula is C13H7Cl2NOS. The first-order valence-electron chi connectivity index (χ1n) is 5.06. The van der Waals surface area contributed by atoms with Gasteiger partial charge in [-0.05, 0) is 23.6 Å². The molecule has 2 rings (SSSR count). The SMILES string of the molecule is N#CC(C(=O)c1cccs1)c1c(Cl)cccc1Cl. The van der Waals surface area contributed by atoms with E-state index in [4.69, 9.17) is 23.2 Å². The maximum atomic E-state index is 12.2. The van der Waals surface area contributed by atoms with Crippen LogP contribution in [0.1, 0.15) is 21.2 Å². The average Bonchev–Trinajstić information content (AvgIpc) is 2.87. The van der Waals surface area contributed by atoms with Gasteiger partial charge in [-0.25, -0.2) is 0 Å². The first-order valence-corrected chi connectivity index (χ1v) is 6.70. The van der Waals surface area contributed by atoms with Crippen LogP contribution in [0.2, 0.25) is 10.0 Å². The summed E-state index contributed by atoms with van der Waals surface area (Å²) in [4.78, 5) is 12.7. The van der Waals surface area contributed by atoms with Crippen molar-refractivity contribution in [3.63, 3.8) is 0 Å². The maximum Gasteiger partial charge on any atom is 0.194 e. The summed E-state index contributed by atoms with van der Waals surface area (Å²) in [5.74, 6) is -1.24. The van der Waals surface area contributed by atoms with Crippen LogP contribution in [-0.2, 0) is 0 Å². The second kappa shape index (κ2) is 5.53. The standard InChI is InChI=1S/C13H7Cl2NOS/c14-9-3-1-4-10(15)12(9)8(7-16)13(17)11-5-2-6-18-11/h1-6,8H. The molecule has 0 saturated carbocycles. The molecule has 0 radical (unpaired) electrons. The molecule has 1 unspecified atom stereocenters. The number of benzene rings is 1. The second-order valence-electron chi connectivity index (χ2n) is 3.54. The van der Waals surface area contributed by atoms with Gasteiger partial charge in [-0.3, -0.25) is 4.79 Å². The number of hydrogen-bond donors (Lipinski definition) is 0. The molecule has 0 aliphatic rings. The number of hydrogen-bond acceptors (Lipinski definition) is 3. The van der Waals surface area contributed by atoms with Gasteiger partial charge in [0.25, 0.3) is 0 Å². The van der Waals surface area contributed by atoms with Gasteiger partial charge in [0.1, 0.15) is 5.92 Å². The van der Waals surface area contributed by atoms with Gasteiger partial charge in [0.2, 0.25) is 0 Å². The average molecular weight is 296 g/mol. The Morgan fingerprint density at radius 1 is 1.22 bits per heavy atom. The van der Waals surface area contributed by atoms with E-state index >= 15 is 0 Å². The van der Waals surface area contributed by atoms with Crippen LogP contribution in [0.3, 0.4) is 0 Å². The number of nitrogens with zero attached hydrogens (tertiary/aromatic N) is 1. The van der Waals surface area contributed by atoms with Crippen LogP contribution in [0.15, 0.2) is 35.7 Å². The van der Waals surface area contributed by atoms with Crippen LogP contribution in [0.5, 0.6) is 0 Å². The minimum atomic E-state index is -0.968. The molecule has 0 saturated heterocycles. The number of ketones is 1. The van der Waals surface area contributed by atoms with Gasteiger partial charge < -0.3 is 0 Å². The van der Waals surface area contributed by atoms with E-state index in [0.29, 0.717) is 20.5 Å². The van der Waals surface area contributed by atoms with Crippen LogP contribution < -0.4 is 0 Å². The van der Waals surface area contributed by atoms with E-state index in [-0.39, 0.29) is 5.78 Å². The Balaban J connectivity index is 2.47. The van der Waals surface area contributed by atoms with Crippen LogP contribution in [0.25, 0.3) is 0 Å². The zero-order valence-corrected chi connectivity index (χ0v) is 11.4. The zero-order valence-electron chi connectivity index (χ0n) is 9.06. The number of halogens is 2. The number of thiophene rings is 1. The predicted octanol–water partition coefficient (Wildman–Crippen LogP) is 4.54. The molecule has 1 atom stereocenters. The summed E-state index contributed by atoms with van der Waals surface area (Å²) in [5, 5.41) is 11.7. The molecule has 0 N–H and O–H groups in total. The molecule has 0 bridgehead atoms. The molecule has 0 fully saturated rings. The summed E-state index contributed by atoms with van der Waals surface area (Å²) in [7, 11) is 0. The summed E-state index contributed by atoms with van der Waals surface area (Å²) in [6.45, 7) is 0. The van der Waals surface area contributed by atoms with E-state index in [2.05, 4.69) is 0 Å². The van der Waals surface area contributed by atoms with E-state index in [9.17, 15) is 10.1 Å². The van der Waals surface area contributed by atoms with Crippen molar-refractivity contribution in [2.24, 2.45) is 0 Å². The van der Waals surface area contributed by atoms with Crippen molar-refractivity contribution >= 4 is 40.3 Å². The molecule has 2 nitrogen and oxygen atoms in total. The summed E-state index contributed by atoms with van der Waals surface area (Å²) >= 11 is 13.3. The zero-order chi connectivity index (χ0) is 13.1. The fourth-order valence-corrected chi connectivity index (χ4v) is 2.91. The van der Waals surface area contributed by atoms with Crippen molar-refractivity contribution in [1.82, 2.24) is 0 Å². The Morgan fingerprint density at radius 3 is 2.39 bits per heavy atom. The third-order valence-electron chi connectivity index (χ3n) is 2.44. The van der Waals surface area contributed by atoms with E-state index < -0.39 is 5.92 Å². The van der Waals surface area contributed by atoms with Crippen molar-refractivity contribution < 1.29 is 4.79 Å². The molecular weight excluding hydrogens is 289 g/mol. The molecule has 0 aliphatic carbocycles. The Hall–Kier alpha value is -1.34. The lowest BCUT2D eigenvalue weighted by molar-refractivity contribution is 0.0983. The minimum absolute atomic E-state index is 0.275. The summed E-state index contributed by atoms with van der Waals surface area (Å²) < 4.78 is 0. The number of Topliss-reactive ketones (excluding diaryl/α,β-unsaturated/α-hetero) is 1. The summed E-state index contributed by atoms with van der Waals surface area (Å²) in [5.41, 5.74) is 0.377. The lowest BCUT2D eigenvalue weighted by Gasteiger charge is -2.11. The van der Waals surface area contributed by atoms with Crippen LogP contribution in [0, 0.1) is 11.3 Å². The van der Waals surface area contributed by atoms with Gasteiger partial charge in [0.15, 0.2) is 5.78 Å². The molecule has 90 valence electrons. The molecule has 0 aliphatic heterocycles. The normalized spacial score (nSPS) is 11.8. The van der Waals surface area contributed by atoms with E-state index in [1.807, 2.05) is 6.07 Å². The van der Waals surface area contributed by atoms with Crippen LogP contribution >= 0.6 is 34.5 Å². The molecule has 1 aromatic carbocycles. The second-order valence-corrected chi connectivity index (χ2v) is 5.30. The van der Waals surface area contributed by atoms with Gasteiger partial charge in [0, 0.05) is 15.6 Å². The number of rotatable bonds is 3. The van der Waals surface area contributed by atoms with Crippen molar-refractivity contribution in [2.75, 3.05) is 0 Å². The topological polar surface area (TPSA) is 40.9 Å². The number of carbonyl (C=O) groups excluding carboxylic acids is 1. The van der Waals surface area contributed by atoms with Crippen molar-refractivity contribution in [1.29, 1.82) is 5.26 Å². The molecule has 1 aromatic heterocycles. The molecule has 1 heterocycles. The van der Waals surface area contributed by atoms with Gasteiger partial charge in [-0.1, -0.05) is 35.3 Å². The third kappa shape index (κ3) is 2.41. The highest BCUT2D eigenvalue weighted by molar-refractivity contribution is 7.12. The Labute approximate surface area is 118 Å². The first-order chi connectivity index (χ1) is 8.65. The summed E-state index contributed by atoms with van der Waals surface area (Å²) in [6, 6.07) is 10.3. The molecule has 0 spiro atoms. The summed E-state index contributed by atoms with van der Waals surface area (Å²) in [6.07, 6.45) is 0. The molecule has 5 heteroatoms. The number of carbonyl (C=O) groups is 1. The minimum Gasteiger partial charge on any atom is -0.291 e. The predicted molar refractivity (Wildman–Crippen MR) is 73.5 cm³/mol. The van der Waals surface area contributed by atoms with Crippen molar-refractivity contribution in [3.8, 4) is 6.07 Å². The largest absolute Gasteiger partial charge is 0.291 e. The smallest absolute Gasteiger partial charge is 0.194 e. The highest BCUT2D eigenvalue weighted by Gasteiger charge is 2.26. The highest BCUT2D eigenvalue weighted by atomic mass is 35.5. The fraction of sp³-hybridized carbons (Fsp3) is 0.0769. The lowest BCUT2D eigenvalue weighted by atomic mass is 9.95. The highest BCUT2D eigenvalue weighted by Crippen LogP contribution is 2.33. The third-order valence-corrected chi connectivity index (χ3v) is 3.99. The van der Waals surface area contributed by atoms with E-state index in [1.54, 1.807) is 35.7 Å². The van der Waals surface area contributed by atoms with Crippen LogP contribution in [-0.4, -0.2) is 5.78 Å². The first kappa shape index (κ1) is 13.1. The monoisotopic (exact) mass is 295 g/mol. The number of nitriles is 1. The molecule has 18 heavy (non-hydrogen) atoms. The lowest BCUT2D eigenvalue weighted by Crippen LogP contribution is -2.11. The van der Waals surface area contributed by atoms with Gasteiger partial charge in [0.05, 0.1) is 10.9 Å². The quantitative estimate of drug-likeness (QED) is 0.780. The fourth-order valence-electron chi connectivity index (χ4n) is 1.60. The maximum absolute atomic E-state index is 12.2. The van der Waals surface area contributed by atoms with Gasteiger partial charge in [-0.2, -0.15) is 5.26 Å². The Bertz CT molecular complexity index is 596. The van der Waals surface area contributed by atoms with E-state index in [0.717, 1.165) is 0 Å². The van der Waals surface area contributed by atoms with Crippen molar-refractivity contribution in [3.05, 3.63) is 56.2 Å². The Morgan fingerprint density at radius 2 is 1.89 bits per heavy atom. The molecule has 0 amide bonds. The Kier molecular flexibility index (Phi) is 4.03. The van der Waals surface area contributed by atoms with Gasteiger partial charge >= 0.3 is 0 Å². The van der Waals surface area contributed by atoms with Gasteiger partial charge in [-0.15, -0.1) is 11.3 Å². The van der Waals surface area contributed by atoms with Crippen LogP contribution in [0.4, 0.5) is 0 Å². The molecule has 2 aromatic rings.